The molecule has 0 amide bonds. The maximum Gasteiger partial charge on any atom is 0.339 e. The second-order valence-corrected chi connectivity index (χ2v) is 6.24. The second-order valence-electron chi connectivity index (χ2n) is 4.56. The highest BCUT2D eigenvalue weighted by Crippen LogP contribution is 2.20. The van der Waals surface area contributed by atoms with E-state index in [2.05, 4.69) is 9.46 Å². The molecule has 0 bridgehead atoms. The summed E-state index contributed by atoms with van der Waals surface area (Å²) in [6.45, 7) is 3.73. The number of methoxy groups -OCH3 is 1. The van der Waals surface area contributed by atoms with E-state index in [1.54, 1.807) is 6.92 Å². The van der Waals surface area contributed by atoms with Crippen molar-refractivity contribution in [3.8, 4) is 0 Å². The van der Waals surface area contributed by atoms with Crippen molar-refractivity contribution in [1.82, 2.24) is 4.72 Å². The number of esters is 1. The van der Waals surface area contributed by atoms with Crippen molar-refractivity contribution in [3.05, 3.63) is 23.8 Å². The molecule has 0 fully saturated rings. The molecule has 0 aliphatic heterocycles. The van der Waals surface area contributed by atoms with Gasteiger partial charge in [0.1, 0.15) is 0 Å². The van der Waals surface area contributed by atoms with Gasteiger partial charge in [-0.15, -0.1) is 0 Å². The number of benzene rings is 1. The normalized spacial score (nSPS) is 12.9. The number of anilines is 1. The number of carbonyl (C=O) groups excluding carboxylic acids is 1. The van der Waals surface area contributed by atoms with Gasteiger partial charge < -0.3 is 10.5 Å². The van der Waals surface area contributed by atoms with E-state index in [1.807, 2.05) is 6.92 Å². The molecule has 0 aromatic heterocycles. The van der Waals surface area contributed by atoms with E-state index in [0.717, 1.165) is 6.42 Å². The van der Waals surface area contributed by atoms with E-state index in [4.69, 9.17) is 5.73 Å². The molecule has 1 aromatic rings. The minimum Gasteiger partial charge on any atom is -0.465 e. The van der Waals surface area contributed by atoms with Gasteiger partial charge >= 0.3 is 5.97 Å². The van der Waals surface area contributed by atoms with Crippen LogP contribution < -0.4 is 10.5 Å². The molecule has 0 heterocycles. The smallest absolute Gasteiger partial charge is 0.339 e. The highest BCUT2D eigenvalue weighted by molar-refractivity contribution is 7.89. The van der Waals surface area contributed by atoms with Gasteiger partial charge in [-0.2, -0.15) is 0 Å². The molecule has 112 valence electrons. The van der Waals surface area contributed by atoms with Gasteiger partial charge in [-0.25, -0.2) is 17.9 Å². The first-order chi connectivity index (χ1) is 9.31. The number of nitrogen functional groups attached to an aromatic ring is 1. The third kappa shape index (κ3) is 3.94. The lowest BCUT2D eigenvalue weighted by Gasteiger charge is -2.15. The summed E-state index contributed by atoms with van der Waals surface area (Å²) in [5.74, 6) is -0.714. The summed E-state index contributed by atoms with van der Waals surface area (Å²) in [6, 6.07) is 3.84. The number of rotatable bonds is 6. The maximum atomic E-state index is 12.3. The molecule has 7 heteroatoms. The molecule has 1 aromatic carbocycles. The zero-order valence-electron chi connectivity index (χ0n) is 11.8. The first kappa shape index (κ1) is 16.5. The number of nitrogens with two attached hydrogens (primary N) is 1. The number of nitrogens with one attached hydrogen (secondary N) is 1. The van der Waals surface area contributed by atoms with Crippen LogP contribution in [0.15, 0.2) is 23.1 Å². The van der Waals surface area contributed by atoms with E-state index in [0.29, 0.717) is 6.42 Å². The van der Waals surface area contributed by atoms with Gasteiger partial charge in [-0.1, -0.05) is 13.3 Å². The predicted octanol–water partition coefficient (Wildman–Crippen LogP) is 1.52. The van der Waals surface area contributed by atoms with Crippen LogP contribution in [-0.2, 0) is 14.8 Å². The van der Waals surface area contributed by atoms with Gasteiger partial charge in [0.25, 0.3) is 0 Å². The van der Waals surface area contributed by atoms with Gasteiger partial charge in [0.2, 0.25) is 10.0 Å². The number of carbonyl (C=O) groups is 1. The topological polar surface area (TPSA) is 98.5 Å². The van der Waals surface area contributed by atoms with E-state index in [1.165, 1.54) is 25.3 Å². The van der Waals surface area contributed by atoms with Crippen molar-refractivity contribution >= 4 is 21.7 Å². The third-order valence-electron chi connectivity index (χ3n) is 2.78. The number of sulfonamides is 1. The quantitative estimate of drug-likeness (QED) is 0.613. The van der Waals surface area contributed by atoms with Gasteiger partial charge in [0, 0.05) is 11.7 Å². The Kier molecular flexibility index (Phi) is 5.52. The van der Waals surface area contributed by atoms with Crippen molar-refractivity contribution in [2.75, 3.05) is 12.8 Å². The highest BCUT2D eigenvalue weighted by atomic mass is 32.2. The Morgan fingerprint density at radius 1 is 1.45 bits per heavy atom. The Morgan fingerprint density at radius 3 is 2.65 bits per heavy atom. The lowest BCUT2D eigenvalue weighted by Crippen LogP contribution is -2.33. The molecule has 1 rings (SSSR count). The molecule has 1 unspecified atom stereocenters. The van der Waals surface area contributed by atoms with Gasteiger partial charge in [0.05, 0.1) is 17.6 Å². The van der Waals surface area contributed by atoms with E-state index in [-0.39, 0.29) is 22.2 Å². The molecule has 0 saturated heterocycles. The summed E-state index contributed by atoms with van der Waals surface area (Å²) in [4.78, 5) is 11.5. The molecule has 0 radical (unpaired) electrons. The molecule has 6 nitrogen and oxygen atoms in total. The standard InChI is InChI=1S/C13H20N2O4S/c1-4-5-9(2)15-20(17,18)12-8-10(14)6-7-11(12)13(16)19-3/h6-9,15H,4-5,14H2,1-3H3. The lowest BCUT2D eigenvalue weighted by atomic mass is 10.2. The van der Waals surface area contributed by atoms with Gasteiger partial charge in [0.15, 0.2) is 0 Å². The summed E-state index contributed by atoms with van der Waals surface area (Å²) in [5, 5.41) is 0. The number of hydrogen-bond donors (Lipinski definition) is 2. The van der Waals surface area contributed by atoms with E-state index in [9.17, 15) is 13.2 Å². The van der Waals surface area contributed by atoms with Crippen LogP contribution in [0, 0.1) is 0 Å². The van der Waals surface area contributed by atoms with Crippen LogP contribution >= 0.6 is 0 Å². The molecular formula is C13H20N2O4S. The first-order valence-electron chi connectivity index (χ1n) is 6.32. The Labute approximate surface area is 119 Å². The van der Waals surface area contributed by atoms with Crippen LogP contribution in [0.4, 0.5) is 5.69 Å². The number of ether oxygens (including phenoxy) is 1. The second kappa shape index (κ2) is 6.71. The fraction of sp³-hybridized carbons (Fsp3) is 0.462. The van der Waals surface area contributed by atoms with Crippen LogP contribution in [-0.4, -0.2) is 27.5 Å². The maximum absolute atomic E-state index is 12.3. The zero-order valence-corrected chi connectivity index (χ0v) is 12.7. The van der Waals surface area contributed by atoms with Gasteiger partial charge in [-0.3, -0.25) is 0 Å². The Morgan fingerprint density at radius 2 is 2.10 bits per heavy atom. The monoisotopic (exact) mass is 300 g/mol. The lowest BCUT2D eigenvalue weighted by molar-refractivity contribution is 0.0596. The van der Waals surface area contributed by atoms with Crippen molar-refractivity contribution in [2.24, 2.45) is 0 Å². The molecule has 0 aliphatic rings. The van der Waals surface area contributed by atoms with Crippen molar-refractivity contribution in [1.29, 1.82) is 0 Å². The van der Waals surface area contributed by atoms with Crippen LogP contribution in [0.3, 0.4) is 0 Å². The molecule has 3 N–H and O–H groups in total. The average molecular weight is 300 g/mol. The van der Waals surface area contributed by atoms with E-state index >= 15 is 0 Å². The van der Waals surface area contributed by atoms with E-state index < -0.39 is 16.0 Å². The van der Waals surface area contributed by atoms with Crippen LogP contribution in [0.2, 0.25) is 0 Å². The first-order valence-corrected chi connectivity index (χ1v) is 7.80. The predicted molar refractivity (Wildman–Crippen MR) is 76.9 cm³/mol. The van der Waals surface area contributed by atoms with Crippen molar-refractivity contribution < 1.29 is 17.9 Å². The minimum atomic E-state index is -3.82. The third-order valence-corrected chi connectivity index (χ3v) is 4.41. The van der Waals surface area contributed by atoms with Gasteiger partial charge in [-0.05, 0) is 31.5 Å². The van der Waals surface area contributed by atoms with Crippen LogP contribution in [0.5, 0.6) is 0 Å². The Balaban J connectivity index is 3.22. The fourth-order valence-electron chi connectivity index (χ4n) is 1.86. The molecule has 0 aliphatic carbocycles. The van der Waals surface area contributed by atoms with Crippen molar-refractivity contribution in [3.63, 3.8) is 0 Å². The van der Waals surface area contributed by atoms with Crippen molar-refractivity contribution in [2.45, 2.75) is 37.6 Å². The number of hydrogen-bond acceptors (Lipinski definition) is 5. The molecule has 0 saturated carbocycles. The SMILES string of the molecule is CCCC(C)NS(=O)(=O)c1cc(N)ccc1C(=O)OC. The largest absolute Gasteiger partial charge is 0.465 e. The molecule has 0 spiro atoms. The zero-order chi connectivity index (χ0) is 15.3. The summed E-state index contributed by atoms with van der Waals surface area (Å²) >= 11 is 0. The average Bonchev–Trinajstić information content (AvgIpc) is 2.37. The van der Waals surface area contributed by atoms with Crippen LogP contribution in [0.1, 0.15) is 37.0 Å². The van der Waals surface area contributed by atoms with Crippen LogP contribution in [0.25, 0.3) is 0 Å². The molecular weight excluding hydrogens is 280 g/mol. The summed E-state index contributed by atoms with van der Waals surface area (Å²) in [5.41, 5.74) is 5.85. The molecule has 20 heavy (non-hydrogen) atoms. The fourth-order valence-corrected chi connectivity index (χ4v) is 3.37. The summed E-state index contributed by atoms with van der Waals surface area (Å²) in [7, 11) is -2.62. The Hall–Kier alpha value is -1.60. The molecule has 1 atom stereocenters. The summed E-state index contributed by atoms with van der Waals surface area (Å²) in [6.07, 6.45) is 1.56. The minimum absolute atomic E-state index is 0.0297. The Bertz CT molecular complexity index is 584. The highest BCUT2D eigenvalue weighted by Gasteiger charge is 2.24. The summed E-state index contributed by atoms with van der Waals surface area (Å²) < 4.78 is 31.8.